The van der Waals surface area contributed by atoms with Crippen LogP contribution in [0, 0.1) is 12.3 Å². The fraction of sp³-hybridized carbons (Fsp3) is 0.750. The molecule has 0 spiro atoms. The Balaban J connectivity index is 2.09. The van der Waals surface area contributed by atoms with Gasteiger partial charge < -0.3 is 5.32 Å². The van der Waals surface area contributed by atoms with Crippen LogP contribution >= 0.6 is 0 Å². The summed E-state index contributed by atoms with van der Waals surface area (Å²) in [5.74, 6) is 0.859. The van der Waals surface area contributed by atoms with Crippen molar-refractivity contribution >= 4 is 0 Å². The van der Waals surface area contributed by atoms with Crippen LogP contribution in [-0.2, 0) is 6.54 Å². The lowest BCUT2D eigenvalue weighted by molar-refractivity contribution is 0.0764. The van der Waals surface area contributed by atoms with E-state index in [2.05, 4.69) is 47.9 Å². The highest BCUT2D eigenvalue weighted by Crippen LogP contribution is 2.25. The summed E-state index contributed by atoms with van der Waals surface area (Å²) in [6, 6.07) is 3.17. The number of hydrogen-bond donors (Lipinski definition) is 1. The summed E-state index contributed by atoms with van der Waals surface area (Å²) < 4.78 is 0. The van der Waals surface area contributed by atoms with E-state index in [4.69, 9.17) is 0 Å². The quantitative estimate of drug-likeness (QED) is 0.920. The van der Waals surface area contributed by atoms with Crippen molar-refractivity contribution in [3.63, 3.8) is 0 Å². The Kier molecular flexibility index (Phi) is 4.76. The molecular weight excluding hydrogens is 248 g/mol. The molecule has 2 heterocycles. The van der Waals surface area contributed by atoms with Crippen LogP contribution in [0.4, 0.5) is 0 Å². The van der Waals surface area contributed by atoms with Crippen molar-refractivity contribution in [2.45, 2.75) is 59.7 Å². The van der Waals surface area contributed by atoms with Gasteiger partial charge in [0.15, 0.2) is 0 Å². The zero-order valence-electron chi connectivity index (χ0n) is 13.5. The van der Waals surface area contributed by atoms with Crippen molar-refractivity contribution in [3.8, 4) is 0 Å². The number of rotatable bonds is 3. The highest BCUT2D eigenvalue weighted by atomic mass is 15.2. The third-order valence-electron chi connectivity index (χ3n) is 4.25. The molecule has 112 valence electrons. The van der Waals surface area contributed by atoms with Gasteiger partial charge in [-0.3, -0.25) is 4.90 Å². The zero-order valence-corrected chi connectivity index (χ0v) is 13.5. The van der Waals surface area contributed by atoms with E-state index >= 15 is 0 Å². The standard InChI is InChI=1S/C16H28N4/c1-6-14-9-18-15(16(3,4)5)11-20(14)10-13-7-8-17-12(2)19-13/h7-8,14-15,18H,6,9-11H2,1-5H3. The zero-order chi connectivity index (χ0) is 14.8. The minimum Gasteiger partial charge on any atom is -0.311 e. The maximum atomic E-state index is 4.55. The first kappa shape index (κ1) is 15.4. The number of aryl methyl sites for hydroxylation is 1. The molecule has 1 aromatic rings. The van der Waals surface area contributed by atoms with Gasteiger partial charge >= 0.3 is 0 Å². The molecule has 0 radical (unpaired) electrons. The Labute approximate surface area is 123 Å². The molecule has 1 fully saturated rings. The predicted octanol–water partition coefficient (Wildman–Crippen LogP) is 2.38. The molecule has 1 N–H and O–H groups in total. The fourth-order valence-electron chi connectivity index (χ4n) is 2.83. The van der Waals surface area contributed by atoms with E-state index in [0.29, 0.717) is 17.5 Å². The van der Waals surface area contributed by atoms with Gasteiger partial charge in [0, 0.05) is 37.9 Å². The molecule has 1 aromatic heterocycles. The summed E-state index contributed by atoms with van der Waals surface area (Å²) in [7, 11) is 0. The van der Waals surface area contributed by atoms with Gasteiger partial charge in [0.1, 0.15) is 5.82 Å². The van der Waals surface area contributed by atoms with Gasteiger partial charge in [-0.05, 0) is 24.8 Å². The van der Waals surface area contributed by atoms with Crippen LogP contribution in [0.1, 0.15) is 45.6 Å². The second-order valence-electron chi connectivity index (χ2n) is 6.91. The Morgan fingerprint density at radius 1 is 1.40 bits per heavy atom. The van der Waals surface area contributed by atoms with Crippen molar-refractivity contribution in [3.05, 3.63) is 23.8 Å². The number of nitrogens with one attached hydrogen (secondary N) is 1. The molecule has 20 heavy (non-hydrogen) atoms. The van der Waals surface area contributed by atoms with E-state index in [9.17, 15) is 0 Å². The molecule has 1 saturated heterocycles. The maximum absolute atomic E-state index is 4.55. The fourth-order valence-corrected chi connectivity index (χ4v) is 2.83. The Bertz CT molecular complexity index is 438. The SMILES string of the molecule is CCC1CNC(C(C)(C)C)CN1Cc1ccnc(C)n1. The van der Waals surface area contributed by atoms with E-state index in [1.807, 2.05) is 19.2 Å². The van der Waals surface area contributed by atoms with Crippen molar-refractivity contribution in [1.82, 2.24) is 20.2 Å². The first-order valence-electron chi connectivity index (χ1n) is 7.66. The Morgan fingerprint density at radius 2 is 2.15 bits per heavy atom. The third kappa shape index (κ3) is 3.76. The molecule has 0 amide bonds. The largest absolute Gasteiger partial charge is 0.311 e. The molecule has 0 aromatic carbocycles. The number of aromatic nitrogens is 2. The van der Waals surface area contributed by atoms with Crippen molar-refractivity contribution in [2.75, 3.05) is 13.1 Å². The molecule has 4 nitrogen and oxygen atoms in total. The molecule has 0 aliphatic carbocycles. The average molecular weight is 276 g/mol. The molecule has 4 heteroatoms. The molecule has 2 unspecified atom stereocenters. The lowest BCUT2D eigenvalue weighted by atomic mass is 9.84. The second kappa shape index (κ2) is 6.19. The summed E-state index contributed by atoms with van der Waals surface area (Å²) in [6.45, 7) is 14.2. The average Bonchev–Trinajstić information content (AvgIpc) is 2.37. The molecule has 0 bridgehead atoms. The normalized spacial score (nSPS) is 24.9. The highest BCUT2D eigenvalue weighted by Gasteiger charge is 2.33. The van der Waals surface area contributed by atoms with Gasteiger partial charge in [0.2, 0.25) is 0 Å². The van der Waals surface area contributed by atoms with Crippen LogP contribution < -0.4 is 5.32 Å². The second-order valence-corrected chi connectivity index (χ2v) is 6.91. The van der Waals surface area contributed by atoms with Gasteiger partial charge in [-0.25, -0.2) is 9.97 Å². The highest BCUT2D eigenvalue weighted by molar-refractivity contribution is 5.03. The Hall–Kier alpha value is -1.00. The van der Waals surface area contributed by atoms with Gasteiger partial charge in [0.05, 0.1) is 5.69 Å². The van der Waals surface area contributed by atoms with Crippen molar-refractivity contribution in [2.24, 2.45) is 5.41 Å². The lowest BCUT2D eigenvalue weighted by Crippen LogP contribution is -2.59. The first-order chi connectivity index (χ1) is 9.40. The van der Waals surface area contributed by atoms with Crippen LogP contribution in [-0.4, -0.2) is 40.0 Å². The van der Waals surface area contributed by atoms with Gasteiger partial charge in [-0.15, -0.1) is 0 Å². The van der Waals surface area contributed by atoms with E-state index in [-0.39, 0.29) is 0 Å². The lowest BCUT2D eigenvalue weighted by Gasteiger charge is -2.44. The third-order valence-corrected chi connectivity index (χ3v) is 4.25. The first-order valence-corrected chi connectivity index (χ1v) is 7.66. The summed E-state index contributed by atoms with van der Waals surface area (Å²) in [5.41, 5.74) is 1.42. The van der Waals surface area contributed by atoms with E-state index in [1.54, 1.807) is 0 Å². The molecule has 2 rings (SSSR count). The van der Waals surface area contributed by atoms with Crippen LogP contribution in [0.5, 0.6) is 0 Å². The minimum atomic E-state index is 0.290. The topological polar surface area (TPSA) is 41.0 Å². The molecule has 1 aliphatic rings. The van der Waals surface area contributed by atoms with Crippen molar-refractivity contribution in [1.29, 1.82) is 0 Å². The monoisotopic (exact) mass is 276 g/mol. The summed E-state index contributed by atoms with van der Waals surface area (Å²) in [5, 5.41) is 3.71. The number of nitrogens with zero attached hydrogens (tertiary/aromatic N) is 3. The van der Waals surface area contributed by atoms with Crippen LogP contribution in [0.25, 0.3) is 0 Å². The van der Waals surface area contributed by atoms with Gasteiger partial charge in [0.25, 0.3) is 0 Å². The summed E-state index contributed by atoms with van der Waals surface area (Å²) >= 11 is 0. The van der Waals surface area contributed by atoms with E-state index in [1.165, 1.54) is 6.42 Å². The van der Waals surface area contributed by atoms with Gasteiger partial charge in [-0.1, -0.05) is 27.7 Å². The van der Waals surface area contributed by atoms with E-state index in [0.717, 1.165) is 31.2 Å². The number of piperazine rings is 1. The number of hydrogen-bond acceptors (Lipinski definition) is 4. The minimum absolute atomic E-state index is 0.290. The van der Waals surface area contributed by atoms with Gasteiger partial charge in [-0.2, -0.15) is 0 Å². The van der Waals surface area contributed by atoms with Crippen molar-refractivity contribution < 1.29 is 0 Å². The molecule has 1 aliphatic heterocycles. The maximum Gasteiger partial charge on any atom is 0.125 e. The van der Waals surface area contributed by atoms with Crippen LogP contribution in [0.3, 0.4) is 0 Å². The summed E-state index contributed by atoms with van der Waals surface area (Å²) in [6.07, 6.45) is 3.04. The molecule has 0 saturated carbocycles. The van der Waals surface area contributed by atoms with E-state index < -0.39 is 0 Å². The Morgan fingerprint density at radius 3 is 2.75 bits per heavy atom. The van der Waals surface area contributed by atoms with Crippen LogP contribution in [0.15, 0.2) is 12.3 Å². The van der Waals surface area contributed by atoms with Crippen LogP contribution in [0.2, 0.25) is 0 Å². The smallest absolute Gasteiger partial charge is 0.125 e. The molecular formula is C16H28N4. The molecule has 2 atom stereocenters. The predicted molar refractivity (Wildman–Crippen MR) is 82.5 cm³/mol. The summed E-state index contributed by atoms with van der Waals surface area (Å²) in [4.78, 5) is 11.3.